The van der Waals surface area contributed by atoms with E-state index in [4.69, 9.17) is 4.74 Å². The fourth-order valence-electron chi connectivity index (χ4n) is 3.54. The number of benzene rings is 2. The highest BCUT2D eigenvalue weighted by Crippen LogP contribution is 2.34. The second kappa shape index (κ2) is 9.66. The Hall–Kier alpha value is -3.98. The fraction of sp³-hybridized carbons (Fsp3) is 0.167. The van der Waals surface area contributed by atoms with Gasteiger partial charge in [0.1, 0.15) is 6.04 Å². The maximum Gasteiger partial charge on any atom is 0.338 e. The van der Waals surface area contributed by atoms with Crippen LogP contribution in [0.5, 0.6) is 0 Å². The van der Waals surface area contributed by atoms with Crippen LogP contribution < -0.4 is 15.5 Å². The van der Waals surface area contributed by atoms with E-state index in [1.54, 1.807) is 73.0 Å². The molecule has 2 aromatic carbocycles. The van der Waals surface area contributed by atoms with Gasteiger partial charge in [-0.1, -0.05) is 18.2 Å². The van der Waals surface area contributed by atoms with Crippen LogP contribution in [0.2, 0.25) is 0 Å². The number of carbonyl (C=O) groups is 4. The van der Waals surface area contributed by atoms with Crippen LogP contribution in [0.3, 0.4) is 0 Å². The highest BCUT2D eigenvalue weighted by Gasteiger charge is 2.38. The van der Waals surface area contributed by atoms with Crippen molar-refractivity contribution in [3.63, 3.8) is 0 Å². The minimum atomic E-state index is -1.02. The first-order chi connectivity index (χ1) is 16.0. The largest absolute Gasteiger partial charge is 0.462 e. The smallest absolute Gasteiger partial charge is 0.338 e. The third-order valence-electron chi connectivity index (χ3n) is 5.05. The lowest BCUT2D eigenvalue weighted by molar-refractivity contribution is -0.122. The molecule has 9 heteroatoms. The number of thiophene rings is 1. The van der Waals surface area contributed by atoms with E-state index in [1.807, 2.05) is 0 Å². The number of esters is 1. The number of amides is 3. The number of anilines is 3. The number of nitrogens with one attached hydrogen (secondary N) is 2. The molecule has 4 rings (SSSR count). The third kappa shape index (κ3) is 4.78. The molecule has 3 amide bonds. The first kappa shape index (κ1) is 22.2. The molecule has 0 unspecified atom stereocenters. The Kier molecular flexibility index (Phi) is 6.50. The SMILES string of the molecule is CCOC(=O)c1ccc(NC(=O)C[C@H]2C(=O)Nc3ccccc3N2C(=O)c2cccs2)cc1. The minimum absolute atomic E-state index is 0.239. The Labute approximate surface area is 194 Å². The highest BCUT2D eigenvalue weighted by atomic mass is 32.1. The topological polar surface area (TPSA) is 105 Å². The van der Waals surface area contributed by atoms with Crippen molar-refractivity contribution >= 4 is 52.1 Å². The van der Waals surface area contributed by atoms with Crippen molar-refractivity contribution in [1.82, 2.24) is 0 Å². The first-order valence-corrected chi connectivity index (χ1v) is 11.2. The van der Waals surface area contributed by atoms with Gasteiger partial charge >= 0.3 is 5.97 Å². The summed E-state index contributed by atoms with van der Waals surface area (Å²) >= 11 is 1.27. The van der Waals surface area contributed by atoms with Crippen molar-refractivity contribution in [3.8, 4) is 0 Å². The van der Waals surface area contributed by atoms with Crippen LogP contribution in [0.15, 0.2) is 66.0 Å². The first-order valence-electron chi connectivity index (χ1n) is 10.3. The maximum absolute atomic E-state index is 13.3. The molecule has 2 heterocycles. The lowest BCUT2D eigenvalue weighted by Gasteiger charge is -2.35. The molecular formula is C24H21N3O5S. The van der Waals surface area contributed by atoms with E-state index in [-0.39, 0.29) is 18.9 Å². The van der Waals surface area contributed by atoms with Crippen molar-refractivity contribution in [1.29, 1.82) is 0 Å². The van der Waals surface area contributed by atoms with E-state index in [0.717, 1.165) is 0 Å². The van der Waals surface area contributed by atoms with Gasteiger partial charge in [0.25, 0.3) is 5.91 Å². The van der Waals surface area contributed by atoms with Crippen molar-refractivity contribution in [3.05, 3.63) is 76.5 Å². The fourth-order valence-corrected chi connectivity index (χ4v) is 4.20. The summed E-state index contributed by atoms with van der Waals surface area (Å²) in [6.07, 6.45) is -0.239. The van der Waals surface area contributed by atoms with Gasteiger partial charge in [-0.05, 0) is 54.8 Å². The van der Waals surface area contributed by atoms with E-state index < -0.39 is 23.8 Å². The standard InChI is InChI=1S/C24H21N3O5S/c1-2-32-24(31)15-9-11-16(12-10-15)25-21(28)14-19-22(29)26-17-6-3-4-7-18(17)27(19)23(30)20-8-5-13-33-20/h3-13,19H,2,14H2,1H3,(H,25,28)(H,26,29)/t19-/m0/s1. The lowest BCUT2D eigenvalue weighted by atomic mass is 10.0. The van der Waals surface area contributed by atoms with Crippen molar-refractivity contribution in [2.45, 2.75) is 19.4 Å². The zero-order chi connectivity index (χ0) is 23.4. The molecule has 0 fully saturated rings. The van der Waals surface area contributed by atoms with Gasteiger partial charge in [-0.15, -0.1) is 11.3 Å². The van der Waals surface area contributed by atoms with Gasteiger partial charge in [-0.2, -0.15) is 0 Å². The summed E-state index contributed by atoms with van der Waals surface area (Å²) in [7, 11) is 0. The summed E-state index contributed by atoms with van der Waals surface area (Å²) in [4.78, 5) is 52.6. The molecule has 2 N–H and O–H groups in total. The molecule has 1 aliphatic heterocycles. The molecule has 0 saturated heterocycles. The zero-order valence-corrected chi connectivity index (χ0v) is 18.6. The average molecular weight is 464 g/mol. The molecule has 168 valence electrons. The van der Waals surface area contributed by atoms with Crippen LogP contribution in [0.4, 0.5) is 17.1 Å². The highest BCUT2D eigenvalue weighted by molar-refractivity contribution is 7.12. The van der Waals surface area contributed by atoms with Gasteiger partial charge in [-0.3, -0.25) is 19.3 Å². The van der Waals surface area contributed by atoms with Crippen LogP contribution in [0, 0.1) is 0 Å². The predicted molar refractivity (Wildman–Crippen MR) is 126 cm³/mol. The van der Waals surface area contributed by atoms with Crippen LogP contribution in [0.1, 0.15) is 33.4 Å². The Morgan fingerprint density at radius 1 is 1.06 bits per heavy atom. The Bertz CT molecular complexity index is 1190. The van der Waals surface area contributed by atoms with Crippen LogP contribution in [0.25, 0.3) is 0 Å². The van der Waals surface area contributed by atoms with Gasteiger partial charge in [0.15, 0.2) is 0 Å². The van der Waals surface area contributed by atoms with E-state index in [1.165, 1.54) is 16.2 Å². The van der Waals surface area contributed by atoms with Gasteiger partial charge in [0.2, 0.25) is 11.8 Å². The van der Waals surface area contributed by atoms with Gasteiger partial charge in [0, 0.05) is 5.69 Å². The van der Waals surface area contributed by atoms with E-state index in [9.17, 15) is 19.2 Å². The van der Waals surface area contributed by atoms with Crippen LogP contribution >= 0.6 is 11.3 Å². The van der Waals surface area contributed by atoms with E-state index in [0.29, 0.717) is 27.5 Å². The summed E-state index contributed by atoms with van der Waals surface area (Å²) in [6, 6.07) is 15.7. The number of hydrogen-bond acceptors (Lipinski definition) is 6. The van der Waals surface area contributed by atoms with Crippen molar-refractivity contribution < 1.29 is 23.9 Å². The summed E-state index contributed by atoms with van der Waals surface area (Å²) in [6.45, 7) is 1.99. The molecule has 0 radical (unpaired) electrons. The van der Waals surface area contributed by atoms with Crippen LogP contribution in [-0.2, 0) is 14.3 Å². The number of fused-ring (bicyclic) bond motifs is 1. The molecule has 0 bridgehead atoms. The second-order valence-corrected chi connectivity index (χ2v) is 8.17. The molecule has 1 aromatic heterocycles. The monoisotopic (exact) mass is 463 g/mol. The Balaban J connectivity index is 1.54. The van der Waals surface area contributed by atoms with Crippen molar-refractivity contribution in [2.75, 3.05) is 22.1 Å². The summed E-state index contributed by atoms with van der Waals surface area (Å²) in [5.41, 5.74) is 1.87. The number of rotatable bonds is 6. The molecule has 0 aliphatic carbocycles. The summed E-state index contributed by atoms with van der Waals surface area (Å²) in [5.74, 6) is -1.67. The van der Waals surface area contributed by atoms with Crippen molar-refractivity contribution in [2.24, 2.45) is 0 Å². The Morgan fingerprint density at radius 3 is 2.52 bits per heavy atom. The molecular weight excluding hydrogens is 442 g/mol. The molecule has 1 aliphatic rings. The molecule has 33 heavy (non-hydrogen) atoms. The van der Waals surface area contributed by atoms with Gasteiger partial charge in [0.05, 0.1) is 34.8 Å². The molecule has 1 atom stereocenters. The molecule has 0 saturated carbocycles. The zero-order valence-electron chi connectivity index (χ0n) is 17.7. The number of carbonyl (C=O) groups excluding carboxylic acids is 4. The maximum atomic E-state index is 13.3. The third-order valence-corrected chi connectivity index (χ3v) is 5.90. The predicted octanol–water partition coefficient (Wildman–Crippen LogP) is 3.92. The molecule has 3 aromatic rings. The van der Waals surface area contributed by atoms with Crippen LogP contribution in [-0.4, -0.2) is 36.3 Å². The number of ether oxygens (including phenoxy) is 1. The number of nitrogens with zero attached hydrogens (tertiary/aromatic N) is 1. The Morgan fingerprint density at radius 2 is 1.82 bits per heavy atom. The quantitative estimate of drug-likeness (QED) is 0.539. The van der Waals surface area contributed by atoms with E-state index >= 15 is 0 Å². The molecule has 8 nitrogen and oxygen atoms in total. The normalized spacial score (nSPS) is 14.8. The average Bonchev–Trinajstić information content (AvgIpc) is 3.35. The number of hydrogen-bond donors (Lipinski definition) is 2. The number of para-hydroxylation sites is 2. The summed E-state index contributed by atoms with van der Waals surface area (Å²) in [5, 5.41) is 7.28. The molecule has 0 spiro atoms. The lowest BCUT2D eigenvalue weighted by Crippen LogP contribution is -2.52. The van der Waals surface area contributed by atoms with Gasteiger partial charge in [-0.25, -0.2) is 4.79 Å². The second-order valence-electron chi connectivity index (χ2n) is 7.22. The minimum Gasteiger partial charge on any atom is -0.462 e. The summed E-state index contributed by atoms with van der Waals surface area (Å²) < 4.78 is 4.95. The van der Waals surface area contributed by atoms with Gasteiger partial charge < -0.3 is 15.4 Å². The van der Waals surface area contributed by atoms with E-state index in [2.05, 4.69) is 10.6 Å².